The number of carbonyl (C=O) groups is 2. The average molecular weight is 932 g/mol. The number of benzene rings is 1. The number of aryl methyl sites for hydroxylation is 4. The fourth-order valence-corrected chi connectivity index (χ4v) is 7.63. The first kappa shape index (κ1) is 58.8. The summed E-state index contributed by atoms with van der Waals surface area (Å²) in [5, 5.41) is 0. The second kappa shape index (κ2) is 32.5. The van der Waals surface area contributed by atoms with Crippen LogP contribution in [0.25, 0.3) is 0 Å². The molecule has 1 heterocycles. The van der Waals surface area contributed by atoms with E-state index in [2.05, 4.69) is 75.6 Å². The molecular weight excluding hydrogens is 848 g/mol. The summed E-state index contributed by atoms with van der Waals surface area (Å²) >= 11 is 0. The van der Waals surface area contributed by atoms with Crippen molar-refractivity contribution in [1.82, 2.24) is 0 Å². The predicted octanol–water partition coefficient (Wildman–Crippen LogP) is 18.4. The third-order valence-electron chi connectivity index (χ3n) is 11.1. The summed E-state index contributed by atoms with van der Waals surface area (Å²) < 4.78 is 73.3. The predicted molar refractivity (Wildman–Crippen MR) is 255 cm³/mol. The van der Waals surface area contributed by atoms with Crippen LogP contribution in [0.2, 0.25) is 0 Å². The summed E-state index contributed by atoms with van der Waals surface area (Å²) in [7, 11) is -10.7. The molecule has 0 aliphatic carbocycles. The van der Waals surface area contributed by atoms with Gasteiger partial charge in [0, 0.05) is 45.2 Å². The molecule has 1 aromatic carbocycles. The maximum atomic E-state index is 13.0. The molecule has 0 unspecified atom stereocenters. The molecule has 2 aromatic rings. The summed E-state index contributed by atoms with van der Waals surface area (Å²) in [4.78, 5) is 26.0. The number of aromatic nitrogens is 1. The molecule has 0 aliphatic heterocycles. The van der Waals surface area contributed by atoms with E-state index in [1.54, 1.807) is 6.07 Å². The van der Waals surface area contributed by atoms with Crippen LogP contribution in [0.1, 0.15) is 216 Å². The van der Waals surface area contributed by atoms with Crippen molar-refractivity contribution in [2.75, 3.05) is 0 Å². The monoisotopic (exact) mass is 932 g/mol. The Bertz CT molecular complexity index is 1610. The van der Waals surface area contributed by atoms with E-state index in [1.165, 1.54) is 133 Å². The van der Waals surface area contributed by atoms with Gasteiger partial charge in [-0.3, -0.25) is 9.59 Å². The van der Waals surface area contributed by atoms with E-state index in [-0.39, 0.29) is 11.9 Å². The van der Waals surface area contributed by atoms with Crippen molar-refractivity contribution in [3.63, 3.8) is 0 Å². The van der Waals surface area contributed by atoms with Crippen LogP contribution in [0.5, 0.6) is 11.5 Å². The third-order valence-corrected chi connectivity index (χ3v) is 11.1. The number of nitrogens with zero attached hydrogens (tertiary/aromatic N) is 1. The topological polar surface area (TPSA) is 56.5 Å². The Morgan fingerprint density at radius 1 is 0.500 bits per heavy atom. The Hall–Kier alpha value is -3.20. The zero-order chi connectivity index (χ0) is 47.6. The van der Waals surface area contributed by atoms with Gasteiger partial charge in [-0.15, -0.1) is 0 Å². The molecule has 0 bridgehead atoms. The summed E-state index contributed by atoms with van der Waals surface area (Å²) in [6.07, 6.45) is 42.5. The van der Waals surface area contributed by atoms with E-state index >= 15 is 0 Å². The standard InChI is InChI=1S/C52H84NO4.F6P/c1-6-8-10-12-14-16-18-20-22-24-26-28-30-32-34-36-51(54)56-49-39-38-48(40-41-53-46(4)42-45(3)43-47(53)5)44-50(49)57-52(55)37-35-33-31-29-27-25-23-21-19-17-15-13-11-9-7-2;1-7(2,3,4,5)6/h20-23,38-39,42-44H,6-19,24-37,40-41H2,1-5H3;/q+1;-1/b22-20-,23-21-;. The number of allylic oxidation sites excluding steroid dienone is 4. The fourth-order valence-electron chi connectivity index (χ4n) is 7.63. The number of carbonyl (C=O) groups excluding carboxylic acids is 2. The van der Waals surface area contributed by atoms with Gasteiger partial charge in [0.1, 0.15) is 0 Å². The number of unbranched alkanes of at least 4 members (excludes halogenated alkanes) is 22. The van der Waals surface area contributed by atoms with E-state index in [0.717, 1.165) is 69.9 Å². The van der Waals surface area contributed by atoms with E-state index < -0.39 is 7.81 Å². The number of pyridine rings is 1. The third kappa shape index (κ3) is 37.1. The number of rotatable bonds is 35. The molecule has 0 atom stereocenters. The average Bonchev–Trinajstić information content (AvgIpc) is 3.20. The minimum atomic E-state index is -10.7. The second-order valence-corrected chi connectivity index (χ2v) is 19.5. The first-order valence-electron chi connectivity index (χ1n) is 24.7. The second-order valence-electron chi connectivity index (χ2n) is 17.6. The van der Waals surface area contributed by atoms with Crippen molar-refractivity contribution >= 4 is 19.7 Å². The molecule has 368 valence electrons. The number of hydrogen-bond acceptors (Lipinski definition) is 4. The Balaban J connectivity index is 0.00000269. The van der Waals surface area contributed by atoms with E-state index in [1.807, 2.05) is 12.1 Å². The van der Waals surface area contributed by atoms with Gasteiger partial charge in [-0.05, 0) is 94.4 Å². The van der Waals surface area contributed by atoms with Gasteiger partial charge in [0.15, 0.2) is 29.4 Å². The van der Waals surface area contributed by atoms with Crippen LogP contribution in [0.15, 0.2) is 54.6 Å². The van der Waals surface area contributed by atoms with E-state index in [9.17, 15) is 34.8 Å². The van der Waals surface area contributed by atoms with Crippen molar-refractivity contribution in [3.05, 3.63) is 77.2 Å². The first-order valence-corrected chi connectivity index (χ1v) is 26.7. The van der Waals surface area contributed by atoms with Crippen LogP contribution in [-0.4, -0.2) is 11.9 Å². The van der Waals surface area contributed by atoms with Gasteiger partial charge in [-0.1, -0.05) is 147 Å². The molecule has 1 aromatic heterocycles. The molecule has 0 saturated heterocycles. The van der Waals surface area contributed by atoms with Crippen LogP contribution < -0.4 is 14.0 Å². The number of esters is 2. The molecule has 0 fully saturated rings. The van der Waals surface area contributed by atoms with Crippen LogP contribution in [-0.2, 0) is 22.6 Å². The Labute approximate surface area is 383 Å². The normalized spacial score (nSPS) is 12.9. The van der Waals surface area contributed by atoms with Crippen LogP contribution in [0.3, 0.4) is 0 Å². The summed E-state index contributed by atoms with van der Waals surface area (Å²) in [5.74, 6) is 0.158. The minimum absolute atomic E-state index is 0.265. The summed E-state index contributed by atoms with van der Waals surface area (Å²) in [6.45, 7) is 11.8. The first-order chi connectivity index (χ1) is 30.3. The van der Waals surface area contributed by atoms with E-state index in [0.29, 0.717) is 24.3 Å². The molecule has 5 nitrogen and oxygen atoms in total. The molecule has 0 aliphatic rings. The molecule has 2 rings (SSSR count). The van der Waals surface area contributed by atoms with Crippen LogP contribution in [0.4, 0.5) is 25.2 Å². The molecular formula is C52H84F6NO4P. The van der Waals surface area contributed by atoms with Gasteiger partial charge in [0.2, 0.25) is 0 Å². The van der Waals surface area contributed by atoms with Gasteiger partial charge in [0.05, 0.1) is 0 Å². The SMILES string of the molecule is CCCCCCCC/C=C\CCCCCCCC(=O)Oc1ccc(CC[n+]2c(C)cc(C)cc2C)cc1OC(=O)CCCCCCC/C=C\CCCCCCCC.F[P-](F)(F)(F)(F)F. The van der Waals surface area contributed by atoms with Crippen molar-refractivity contribution < 1.29 is 48.8 Å². The van der Waals surface area contributed by atoms with Crippen molar-refractivity contribution in [1.29, 1.82) is 0 Å². The van der Waals surface area contributed by atoms with Gasteiger partial charge >= 0.3 is 44.9 Å². The molecule has 64 heavy (non-hydrogen) atoms. The zero-order valence-corrected chi connectivity index (χ0v) is 41.1. The fraction of sp³-hybridized carbons (Fsp3) is 0.673. The Morgan fingerprint density at radius 2 is 0.844 bits per heavy atom. The maximum absolute atomic E-state index is 13.0. The zero-order valence-electron chi connectivity index (χ0n) is 40.2. The van der Waals surface area contributed by atoms with E-state index in [4.69, 9.17) is 9.47 Å². The van der Waals surface area contributed by atoms with Crippen molar-refractivity contribution in [2.45, 2.75) is 227 Å². The van der Waals surface area contributed by atoms with Gasteiger partial charge in [-0.2, -0.15) is 4.57 Å². The summed E-state index contributed by atoms with van der Waals surface area (Å²) in [5.41, 5.74) is 4.75. The quantitative estimate of drug-likeness (QED) is 0.0131. The number of halogens is 6. The van der Waals surface area contributed by atoms with Crippen LogP contribution >= 0.6 is 7.81 Å². The van der Waals surface area contributed by atoms with Crippen molar-refractivity contribution in [2.24, 2.45) is 0 Å². The molecule has 12 heteroatoms. The molecule has 0 N–H and O–H groups in total. The van der Waals surface area contributed by atoms with Gasteiger partial charge in [-0.25, -0.2) is 0 Å². The van der Waals surface area contributed by atoms with Gasteiger partial charge in [0.25, 0.3) is 0 Å². The molecule has 0 spiro atoms. The Kier molecular flexibility index (Phi) is 29.8. The number of hydrogen-bond donors (Lipinski definition) is 0. The van der Waals surface area contributed by atoms with Crippen molar-refractivity contribution in [3.8, 4) is 11.5 Å². The Morgan fingerprint density at radius 3 is 1.23 bits per heavy atom. The van der Waals surface area contributed by atoms with Gasteiger partial charge < -0.3 is 9.47 Å². The molecule has 0 radical (unpaired) electrons. The van der Waals surface area contributed by atoms with Crippen LogP contribution in [0, 0.1) is 20.8 Å². The number of ether oxygens (including phenoxy) is 2. The molecule has 0 amide bonds. The molecule has 0 saturated carbocycles. The summed E-state index contributed by atoms with van der Waals surface area (Å²) in [6, 6.07) is 10.1.